The number of carbonyl (C=O) groups excluding carboxylic acids is 1. The second-order valence-corrected chi connectivity index (χ2v) is 8.68. The highest BCUT2D eigenvalue weighted by molar-refractivity contribution is 6.01. The molecule has 4 bridgehead atoms. The average Bonchev–Trinajstić information content (AvgIpc) is 2.45. The third kappa shape index (κ3) is 1.56. The maximum absolute atomic E-state index is 12.7. The lowest BCUT2D eigenvalue weighted by molar-refractivity contribution is -0.119. The summed E-state index contributed by atoms with van der Waals surface area (Å²) in [6.45, 7) is 6.76. The first-order valence-electron chi connectivity index (χ1n) is 8.15. The first-order valence-corrected chi connectivity index (χ1v) is 8.15. The fraction of sp³-hybridized carbons (Fsp3) is 0.833. The van der Waals surface area contributed by atoms with Crippen LogP contribution in [0.5, 0.6) is 0 Å². The first kappa shape index (κ1) is 12.2. The zero-order valence-corrected chi connectivity index (χ0v) is 12.6. The van der Waals surface area contributed by atoms with Crippen LogP contribution in [0.1, 0.15) is 65.7 Å². The predicted octanol–water partition coefficient (Wildman–Crippen LogP) is 4.52. The summed E-state index contributed by atoms with van der Waals surface area (Å²) >= 11 is 0. The quantitative estimate of drug-likeness (QED) is 0.676. The Bertz CT molecular complexity index is 445. The molecule has 0 aromatic rings. The Kier molecular flexibility index (Phi) is 2.27. The van der Waals surface area contributed by atoms with Crippen molar-refractivity contribution < 1.29 is 4.79 Å². The SMILES string of the molecule is CC1=C(C23CC4CC(CC(C4)C2)C3)C(=O)CC1(C)C. The Labute approximate surface area is 116 Å². The van der Waals surface area contributed by atoms with Crippen molar-refractivity contribution in [3.05, 3.63) is 11.1 Å². The molecule has 19 heavy (non-hydrogen) atoms. The van der Waals surface area contributed by atoms with Crippen molar-refractivity contribution in [2.45, 2.75) is 65.7 Å². The van der Waals surface area contributed by atoms with E-state index >= 15 is 0 Å². The zero-order chi connectivity index (χ0) is 13.4. The minimum Gasteiger partial charge on any atom is -0.294 e. The van der Waals surface area contributed by atoms with E-state index in [1.807, 2.05) is 0 Å². The molecule has 0 radical (unpaired) electrons. The third-order valence-corrected chi connectivity index (χ3v) is 6.84. The molecule has 5 aliphatic carbocycles. The van der Waals surface area contributed by atoms with Gasteiger partial charge in [0, 0.05) is 12.0 Å². The summed E-state index contributed by atoms with van der Waals surface area (Å²) in [6.07, 6.45) is 9.12. The van der Waals surface area contributed by atoms with E-state index in [1.54, 1.807) is 0 Å². The third-order valence-electron chi connectivity index (χ3n) is 6.84. The second-order valence-electron chi connectivity index (χ2n) is 8.68. The highest BCUT2D eigenvalue weighted by Gasteiger charge is 2.56. The number of Topliss-reactive ketones (excluding diaryl/α,β-unsaturated/α-hetero) is 1. The monoisotopic (exact) mass is 258 g/mol. The molecular formula is C18H26O. The lowest BCUT2D eigenvalue weighted by atomic mass is 9.47. The number of rotatable bonds is 1. The Balaban J connectivity index is 1.80. The van der Waals surface area contributed by atoms with Gasteiger partial charge in [-0.25, -0.2) is 0 Å². The normalized spacial score (nSPS) is 47.3. The van der Waals surface area contributed by atoms with E-state index in [1.165, 1.54) is 49.7 Å². The van der Waals surface area contributed by atoms with Gasteiger partial charge in [0.25, 0.3) is 0 Å². The van der Waals surface area contributed by atoms with Crippen LogP contribution in [-0.4, -0.2) is 5.78 Å². The van der Waals surface area contributed by atoms with Gasteiger partial charge in [-0.05, 0) is 74.0 Å². The minimum atomic E-state index is 0.121. The summed E-state index contributed by atoms with van der Waals surface area (Å²) in [4.78, 5) is 12.7. The molecule has 0 unspecified atom stereocenters. The zero-order valence-electron chi connectivity index (χ0n) is 12.6. The van der Waals surface area contributed by atoms with Gasteiger partial charge in [-0.15, -0.1) is 0 Å². The van der Waals surface area contributed by atoms with E-state index in [0.29, 0.717) is 11.2 Å². The molecule has 0 aromatic carbocycles. The highest BCUT2D eigenvalue weighted by atomic mass is 16.1. The van der Waals surface area contributed by atoms with E-state index in [0.717, 1.165) is 24.2 Å². The first-order chi connectivity index (χ1) is 8.90. The number of hydrogen-bond donors (Lipinski definition) is 0. The van der Waals surface area contributed by atoms with Crippen LogP contribution in [0.2, 0.25) is 0 Å². The largest absolute Gasteiger partial charge is 0.294 e. The highest BCUT2D eigenvalue weighted by Crippen LogP contribution is 2.65. The fourth-order valence-electron chi connectivity index (χ4n) is 6.28. The standard InChI is InChI=1S/C18H26O/c1-11-16(15(19)10-17(11,2)3)18-7-12-4-13(8-18)6-14(5-12)9-18/h12-14H,4-10H2,1-3H3. The lowest BCUT2D eigenvalue weighted by Crippen LogP contribution is -2.47. The molecule has 4 fully saturated rings. The van der Waals surface area contributed by atoms with Crippen molar-refractivity contribution in [1.82, 2.24) is 0 Å². The van der Waals surface area contributed by atoms with Crippen molar-refractivity contribution in [1.29, 1.82) is 0 Å². The maximum atomic E-state index is 12.7. The van der Waals surface area contributed by atoms with Crippen LogP contribution < -0.4 is 0 Å². The van der Waals surface area contributed by atoms with Crippen molar-refractivity contribution >= 4 is 5.78 Å². The number of allylic oxidation sites excluding steroid dienone is 2. The number of hydrogen-bond acceptors (Lipinski definition) is 1. The van der Waals surface area contributed by atoms with Crippen LogP contribution in [0.15, 0.2) is 11.1 Å². The summed E-state index contributed by atoms with van der Waals surface area (Å²) < 4.78 is 0. The molecule has 0 saturated heterocycles. The van der Waals surface area contributed by atoms with E-state index < -0.39 is 0 Å². The van der Waals surface area contributed by atoms with Crippen molar-refractivity contribution in [3.8, 4) is 0 Å². The number of carbonyl (C=O) groups is 1. The van der Waals surface area contributed by atoms with Gasteiger partial charge in [0.05, 0.1) is 0 Å². The van der Waals surface area contributed by atoms with Crippen LogP contribution in [0, 0.1) is 28.6 Å². The van der Waals surface area contributed by atoms with Gasteiger partial charge >= 0.3 is 0 Å². The fourth-order valence-corrected chi connectivity index (χ4v) is 6.28. The maximum Gasteiger partial charge on any atom is 0.160 e. The van der Waals surface area contributed by atoms with Crippen LogP contribution in [0.4, 0.5) is 0 Å². The predicted molar refractivity (Wildman–Crippen MR) is 76.7 cm³/mol. The van der Waals surface area contributed by atoms with Crippen molar-refractivity contribution in [3.63, 3.8) is 0 Å². The van der Waals surface area contributed by atoms with Crippen LogP contribution in [-0.2, 0) is 4.79 Å². The molecule has 5 rings (SSSR count). The summed E-state index contributed by atoms with van der Waals surface area (Å²) in [5.74, 6) is 3.29. The van der Waals surface area contributed by atoms with Crippen molar-refractivity contribution in [2.75, 3.05) is 0 Å². The molecule has 0 spiro atoms. The summed E-state index contributed by atoms with van der Waals surface area (Å²) in [5.41, 5.74) is 3.16. The molecular weight excluding hydrogens is 232 g/mol. The molecule has 4 saturated carbocycles. The van der Waals surface area contributed by atoms with E-state index in [9.17, 15) is 4.79 Å². The molecule has 0 aromatic heterocycles. The molecule has 1 heteroatoms. The summed E-state index contributed by atoms with van der Waals surface area (Å²) in [5, 5.41) is 0. The Hall–Kier alpha value is -0.590. The van der Waals surface area contributed by atoms with Gasteiger partial charge < -0.3 is 0 Å². The van der Waals surface area contributed by atoms with E-state index in [4.69, 9.17) is 0 Å². The van der Waals surface area contributed by atoms with E-state index in [2.05, 4.69) is 20.8 Å². The van der Waals surface area contributed by atoms with Crippen LogP contribution in [0.3, 0.4) is 0 Å². The van der Waals surface area contributed by atoms with Gasteiger partial charge in [0.2, 0.25) is 0 Å². The molecule has 0 aliphatic heterocycles. The van der Waals surface area contributed by atoms with E-state index in [-0.39, 0.29) is 5.41 Å². The van der Waals surface area contributed by atoms with Gasteiger partial charge in [-0.2, -0.15) is 0 Å². The smallest absolute Gasteiger partial charge is 0.160 e. The Morgan fingerprint density at radius 3 is 1.79 bits per heavy atom. The van der Waals surface area contributed by atoms with Gasteiger partial charge in [-0.1, -0.05) is 19.4 Å². The van der Waals surface area contributed by atoms with Crippen LogP contribution >= 0.6 is 0 Å². The molecule has 5 aliphatic rings. The molecule has 104 valence electrons. The lowest BCUT2D eigenvalue weighted by Gasteiger charge is -2.57. The van der Waals surface area contributed by atoms with Gasteiger partial charge in [0.15, 0.2) is 5.78 Å². The summed E-state index contributed by atoms with van der Waals surface area (Å²) in [7, 11) is 0. The molecule has 0 N–H and O–H groups in total. The van der Waals surface area contributed by atoms with Gasteiger partial charge in [-0.3, -0.25) is 4.79 Å². The number of ketones is 1. The Morgan fingerprint density at radius 1 is 0.947 bits per heavy atom. The molecule has 0 heterocycles. The van der Waals surface area contributed by atoms with Gasteiger partial charge in [0.1, 0.15) is 0 Å². The Morgan fingerprint density at radius 2 is 1.42 bits per heavy atom. The minimum absolute atomic E-state index is 0.121. The topological polar surface area (TPSA) is 17.1 Å². The van der Waals surface area contributed by atoms with Crippen molar-refractivity contribution in [2.24, 2.45) is 28.6 Å². The molecule has 1 nitrogen and oxygen atoms in total. The average molecular weight is 258 g/mol. The van der Waals surface area contributed by atoms with Crippen LogP contribution in [0.25, 0.3) is 0 Å². The second kappa shape index (κ2) is 3.54. The molecule has 0 atom stereocenters. The summed E-state index contributed by atoms with van der Waals surface area (Å²) in [6, 6.07) is 0. The molecule has 0 amide bonds.